The topological polar surface area (TPSA) is 78.5 Å². The lowest BCUT2D eigenvalue weighted by atomic mass is 10.2. The van der Waals surface area contributed by atoms with Crippen LogP contribution < -0.4 is 10.6 Å². The smallest absolute Gasteiger partial charge is 0.346 e. The molecule has 3 aromatic heterocycles. The predicted molar refractivity (Wildman–Crippen MR) is 96.1 cm³/mol. The number of halogens is 3. The number of rotatable bonds is 4. The summed E-state index contributed by atoms with van der Waals surface area (Å²) in [5, 5.41) is 6.44. The minimum absolute atomic E-state index is 0.0260. The van der Waals surface area contributed by atoms with Crippen LogP contribution in [0.5, 0.6) is 0 Å². The summed E-state index contributed by atoms with van der Waals surface area (Å²) in [6, 6.07) is 12.1. The highest BCUT2D eigenvalue weighted by atomic mass is 19.4. The molecule has 0 saturated carbocycles. The van der Waals surface area contributed by atoms with Gasteiger partial charge in [-0.1, -0.05) is 18.2 Å². The van der Waals surface area contributed by atoms with Gasteiger partial charge in [0.25, 0.3) is 0 Å². The molecule has 0 aliphatic heterocycles. The number of aromatic amines is 1. The summed E-state index contributed by atoms with van der Waals surface area (Å²) >= 11 is 0. The first-order valence-electron chi connectivity index (χ1n) is 7.95. The first-order valence-corrected chi connectivity index (χ1v) is 7.95. The number of para-hydroxylation sites is 1. The summed E-state index contributed by atoms with van der Waals surface area (Å²) in [7, 11) is 0. The van der Waals surface area contributed by atoms with Crippen LogP contribution in [0.2, 0.25) is 0 Å². The van der Waals surface area contributed by atoms with Gasteiger partial charge in [0.2, 0.25) is 5.95 Å². The second-order valence-electron chi connectivity index (χ2n) is 5.71. The number of alkyl halides is 3. The Bertz CT molecular complexity index is 1080. The van der Waals surface area contributed by atoms with E-state index in [-0.39, 0.29) is 11.8 Å². The van der Waals surface area contributed by atoms with Crippen LogP contribution in [-0.4, -0.2) is 19.9 Å². The van der Waals surface area contributed by atoms with E-state index in [1.165, 1.54) is 0 Å². The van der Waals surface area contributed by atoms with Gasteiger partial charge in [-0.3, -0.25) is 0 Å². The maximum Gasteiger partial charge on any atom is 0.421 e. The second-order valence-corrected chi connectivity index (χ2v) is 5.71. The molecule has 0 atom stereocenters. The Morgan fingerprint density at radius 1 is 0.889 bits per heavy atom. The minimum Gasteiger partial charge on any atom is -0.346 e. The fourth-order valence-electron chi connectivity index (χ4n) is 2.54. The maximum atomic E-state index is 13.3. The highest BCUT2D eigenvalue weighted by molar-refractivity contribution is 5.79. The number of benzene rings is 1. The van der Waals surface area contributed by atoms with Gasteiger partial charge in [-0.25, -0.2) is 9.97 Å². The Hall–Kier alpha value is -3.62. The average Bonchev–Trinajstić information content (AvgIpc) is 3.09. The van der Waals surface area contributed by atoms with Gasteiger partial charge in [-0.05, 0) is 24.3 Å². The molecule has 0 aliphatic carbocycles. The van der Waals surface area contributed by atoms with Crippen molar-refractivity contribution in [3.8, 4) is 0 Å². The van der Waals surface area contributed by atoms with Gasteiger partial charge in [0.15, 0.2) is 0 Å². The number of hydrogen-bond donors (Lipinski definition) is 3. The van der Waals surface area contributed by atoms with Gasteiger partial charge in [0, 0.05) is 23.5 Å². The number of anilines is 4. The molecule has 1 aromatic carbocycles. The van der Waals surface area contributed by atoms with Crippen LogP contribution in [0.15, 0.2) is 61.1 Å². The van der Waals surface area contributed by atoms with Crippen LogP contribution in [0.3, 0.4) is 0 Å². The predicted octanol–water partition coefficient (Wildman–Crippen LogP) is 4.86. The Morgan fingerprint density at radius 2 is 1.70 bits per heavy atom. The summed E-state index contributed by atoms with van der Waals surface area (Å²) < 4.78 is 39.9. The Labute approximate surface area is 151 Å². The molecule has 0 bridgehead atoms. The Kier molecular flexibility index (Phi) is 4.11. The summed E-state index contributed by atoms with van der Waals surface area (Å²) in [5.41, 5.74) is 0.812. The fourth-order valence-corrected chi connectivity index (χ4v) is 2.54. The zero-order chi connectivity index (χ0) is 18.9. The van der Waals surface area contributed by atoms with E-state index in [2.05, 4.69) is 30.6 Å². The largest absolute Gasteiger partial charge is 0.421 e. The third-order valence-corrected chi connectivity index (χ3v) is 3.79. The third kappa shape index (κ3) is 3.66. The molecule has 0 spiro atoms. The molecular formula is C18H13F3N6. The van der Waals surface area contributed by atoms with E-state index >= 15 is 0 Å². The molecule has 6 nitrogen and oxygen atoms in total. The van der Waals surface area contributed by atoms with Crippen molar-refractivity contribution in [3.05, 3.63) is 66.6 Å². The van der Waals surface area contributed by atoms with E-state index in [4.69, 9.17) is 0 Å². The molecule has 0 amide bonds. The van der Waals surface area contributed by atoms with Crippen LogP contribution >= 0.6 is 0 Å². The molecule has 3 N–H and O–H groups in total. The van der Waals surface area contributed by atoms with Crippen LogP contribution in [-0.2, 0) is 6.18 Å². The third-order valence-electron chi connectivity index (χ3n) is 3.79. The molecule has 27 heavy (non-hydrogen) atoms. The molecule has 136 valence electrons. The molecule has 3 heterocycles. The van der Waals surface area contributed by atoms with Gasteiger partial charge >= 0.3 is 6.18 Å². The number of aromatic nitrogens is 4. The lowest BCUT2D eigenvalue weighted by Gasteiger charge is -2.14. The number of pyridine rings is 1. The lowest BCUT2D eigenvalue weighted by Crippen LogP contribution is -2.12. The minimum atomic E-state index is -4.58. The summed E-state index contributed by atoms with van der Waals surface area (Å²) in [6.07, 6.45) is -0.536. The second kappa shape index (κ2) is 6.60. The quantitative estimate of drug-likeness (QED) is 0.478. The first-order chi connectivity index (χ1) is 13.0. The zero-order valence-corrected chi connectivity index (χ0v) is 13.7. The Balaban J connectivity index is 1.67. The van der Waals surface area contributed by atoms with Gasteiger partial charge in [0.05, 0.1) is 11.9 Å². The lowest BCUT2D eigenvalue weighted by molar-refractivity contribution is -0.137. The zero-order valence-electron chi connectivity index (χ0n) is 13.7. The molecule has 0 saturated heterocycles. The first kappa shape index (κ1) is 16.8. The van der Waals surface area contributed by atoms with Crippen LogP contribution in [0, 0.1) is 0 Å². The van der Waals surface area contributed by atoms with Gasteiger partial charge in [-0.15, -0.1) is 0 Å². The van der Waals surface area contributed by atoms with Crippen molar-refractivity contribution in [2.75, 3.05) is 10.6 Å². The van der Waals surface area contributed by atoms with Crippen molar-refractivity contribution >= 4 is 34.2 Å². The molecule has 9 heteroatoms. The van der Waals surface area contributed by atoms with E-state index in [0.29, 0.717) is 17.0 Å². The molecular weight excluding hydrogens is 357 g/mol. The van der Waals surface area contributed by atoms with Gasteiger partial charge < -0.3 is 15.6 Å². The number of hydrogen-bond acceptors (Lipinski definition) is 5. The highest BCUT2D eigenvalue weighted by Crippen LogP contribution is 2.35. The van der Waals surface area contributed by atoms with Crippen LogP contribution in [0.25, 0.3) is 11.0 Å². The van der Waals surface area contributed by atoms with Crippen LogP contribution in [0.1, 0.15) is 5.56 Å². The van der Waals surface area contributed by atoms with Gasteiger partial charge in [-0.2, -0.15) is 18.2 Å². The van der Waals surface area contributed by atoms with Crippen LogP contribution in [0.4, 0.5) is 36.3 Å². The van der Waals surface area contributed by atoms with Crippen molar-refractivity contribution in [2.24, 2.45) is 0 Å². The van der Waals surface area contributed by atoms with Crippen molar-refractivity contribution in [1.82, 2.24) is 19.9 Å². The highest BCUT2D eigenvalue weighted by Gasteiger charge is 2.35. The number of fused-ring (bicyclic) bond motifs is 1. The molecule has 0 aliphatic rings. The van der Waals surface area contributed by atoms with E-state index in [1.54, 1.807) is 48.8 Å². The Morgan fingerprint density at radius 3 is 2.48 bits per heavy atom. The van der Waals surface area contributed by atoms with Crippen molar-refractivity contribution in [3.63, 3.8) is 0 Å². The van der Waals surface area contributed by atoms with Crippen molar-refractivity contribution < 1.29 is 13.2 Å². The molecule has 0 fully saturated rings. The monoisotopic (exact) mass is 370 g/mol. The number of H-pyrrole nitrogens is 1. The standard InChI is InChI=1S/C18H13F3N6/c19-18(20,21)14-10-24-17(27-16(14)25-12-4-2-1-3-5-12)26-13-8-11-6-7-22-15(11)23-9-13/h1-10H,(H,22,23)(H2,24,25,26,27). The van der Waals surface area contributed by atoms with E-state index < -0.39 is 11.7 Å². The maximum absolute atomic E-state index is 13.3. The number of nitrogens with one attached hydrogen (secondary N) is 3. The van der Waals surface area contributed by atoms with Crippen molar-refractivity contribution in [1.29, 1.82) is 0 Å². The molecule has 0 unspecified atom stereocenters. The van der Waals surface area contributed by atoms with E-state index in [1.807, 2.05) is 6.07 Å². The van der Waals surface area contributed by atoms with E-state index in [9.17, 15) is 13.2 Å². The molecule has 4 aromatic rings. The average molecular weight is 370 g/mol. The summed E-state index contributed by atoms with van der Waals surface area (Å²) in [4.78, 5) is 15.0. The fraction of sp³-hybridized carbons (Fsp3) is 0.0556. The van der Waals surface area contributed by atoms with Crippen molar-refractivity contribution in [2.45, 2.75) is 6.18 Å². The van der Waals surface area contributed by atoms with Gasteiger partial charge in [0.1, 0.15) is 17.0 Å². The SMILES string of the molecule is FC(F)(F)c1cnc(Nc2cnc3[nH]ccc3c2)nc1Nc1ccccc1. The van der Waals surface area contributed by atoms with E-state index in [0.717, 1.165) is 11.6 Å². The summed E-state index contributed by atoms with van der Waals surface area (Å²) in [5.74, 6) is -0.306. The summed E-state index contributed by atoms with van der Waals surface area (Å²) in [6.45, 7) is 0. The molecule has 4 rings (SSSR count). The normalized spacial score (nSPS) is 11.5. The molecule has 0 radical (unpaired) electrons. The number of nitrogens with zero attached hydrogens (tertiary/aromatic N) is 3.